The molecular formula is C34H34O7. The molecule has 0 radical (unpaired) electrons. The number of methoxy groups -OCH3 is 1. The van der Waals surface area contributed by atoms with Crippen LogP contribution in [0.25, 0.3) is 6.08 Å². The number of allylic oxidation sites excluding steroid dienone is 1. The zero-order valence-corrected chi connectivity index (χ0v) is 23.4. The van der Waals surface area contributed by atoms with Crippen molar-refractivity contribution in [3.63, 3.8) is 0 Å². The second-order valence-corrected chi connectivity index (χ2v) is 10.3. The lowest BCUT2D eigenvalue weighted by Gasteiger charge is -2.26. The number of carbonyl (C=O) groups is 3. The highest BCUT2D eigenvalue weighted by atomic mass is 16.5. The van der Waals surface area contributed by atoms with Crippen molar-refractivity contribution in [2.24, 2.45) is 0 Å². The standard InChI is InChI=1S/C34H34O7/c1-3-4-5-6-7-8-19-39-25-15-13-23(14-16-25)27-21-30(35)40-28-18-17-26-32(36)29(41-33(26)31(27)28)20-22-9-11-24(12-10-22)34(37)38-2/h9-18,20,27H,3-8,19,21H2,1-2H3. The number of hydrogen-bond acceptors (Lipinski definition) is 7. The number of ether oxygens (including phenoxy) is 4. The van der Waals surface area contributed by atoms with Gasteiger partial charge in [0.25, 0.3) is 0 Å². The van der Waals surface area contributed by atoms with E-state index < -0.39 is 5.97 Å². The van der Waals surface area contributed by atoms with Crippen LogP contribution in [-0.2, 0) is 9.53 Å². The van der Waals surface area contributed by atoms with Crippen LogP contribution in [0.2, 0.25) is 0 Å². The third kappa shape index (κ3) is 6.35. The molecule has 41 heavy (non-hydrogen) atoms. The smallest absolute Gasteiger partial charge is 0.337 e. The Balaban J connectivity index is 1.33. The molecular weight excluding hydrogens is 520 g/mol. The average molecular weight is 555 g/mol. The van der Waals surface area contributed by atoms with Gasteiger partial charge in [0, 0.05) is 11.5 Å². The summed E-state index contributed by atoms with van der Waals surface area (Å²) in [6, 6.07) is 17.7. The van der Waals surface area contributed by atoms with Crippen LogP contribution in [-0.4, -0.2) is 31.4 Å². The van der Waals surface area contributed by atoms with Gasteiger partial charge in [0.2, 0.25) is 5.78 Å². The molecule has 212 valence electrons. The number of fused-ring (bicyclic) bond motifs is 3. The number of unbranched alkanes of at least 4 members (excludes halogenated alkanes) is 5. The van der Waals surface area contributed by atoms with Gasteiger partial charge in [0.15, 0.2) is 5.76 Å². The SMILES string of the molecule is CCCCCCCCOc1ccc(C2CC(=O)Oc3ccc4c(c32)OC(=Cc2ccc(C(=O)OC)cc2)C4=O)cc1. The second kappa shape index (κ2) is 12.9. The highest BCUT2D eigenvalue weighted by Gasteiger charge is 2.38. The maximum atomic E-state index is 13.3. The van der Waals surface area contributed by atoms with Crippen LogP contribution in [0.3, 0.4) is 0 Å². The highest BCUT2D eigenvalue weighted by Crippen LogP contribution is 2.49. The lowest BCUT2D eigenvalue weighted by molar-refractivity contribution is -0.135. The summed E-state index contributed by atoms with van der Waals surface area (Å²) in [4.78, 5) is 37.5. The zero-order chi connectivity index (χ0) is 28.8. The molecule has 2 aliphatic heterocycles. The number of Topliss-reactive ketones (excluding diaryl/α,β-unsaturated/α-hetero) is 1. The molecule has 0 bridgehead atoms. The average Bonchev–Trinajstić information content (AvgIpc) is 3.31. The van der Waals surface area contributed by atoms with E-state index in [0.717, 1.165) is 24.2 Å². The quantitative estimate of drug-likeness (QED) is 0.107. The molecule has 3 aromatic rings. The van der Waals surface area contributed by atoms with Crippen molar-refractivity contribution >= 4 is 23.8 Å². The van der Waals surface area contributed by atoms with Crippen molar-refractivity contribution in [3.8, 4) is 17.2 Å². The van der Waals surface area contributed by atoms with Crippen LogP contribution in [0.4, 0.5) is 0 Å². The van der Waals surface area contributed by atoms with Crippen LogP contribution in [0.5, 0.6) is 17.2 Å². The number of ketones is 1. The molecule has 0 fully saturated rings. The van der Waals surface area contributed by atoms with Crippen LogP contribution >= 0.6 is 0 Å². The van der Waals surface area contributed by atoms with Gasteiger partial charge in [-0.05, 0) is 60.0 Å². The zero-order valence-electron chi connectivity index (χ0n) is 23.4. The predicted molar refractivity (Wildman–Crippen MR) is 155 cm³/mol. The minimum atomic E-state index is -0.436. The third-order valence-electron chi connectivity index (χ3n) is 7.46. The monoisotopic (exact) mass is 554 g/mol. The highest BCUT2D eigenvalue weighted by molar-refractivity contribution is 6.15. The summed E-state index contributed by atoms with van der Waals surface area (Å²) in [5.74, 6) is 0.387. The van der Waals surface area contributed by atoms with E-state index in [4.69, 9.17) is 18.9 Å². The van der Waals surface area contributed by atoms with Gasteiger partial charge in [-0.25, -0.2) is 4.79 Å². The molecule has 1 atom stereocenters. The normalized spacial score (nSPS) is 16.5. The molecule has 5 rings (SSSR count). The van der Waals surface area contributed by atoms with E-state index in [1.165, 1.54) is 32.8 Å². The summed E-state index contributed by atoms with van der Waals surface area (Å²) in [6.45, 7) is 2.89. The van der Waals surface area contributed by atoms with Gasteiger partial charge in [-0.1, -0.05) is 63.3 Å². The van der Waals surface area contributed by atoms with Crippen molar-refractivity contribution in [3.05, 3.63) is 94.2 Å². The van der Waals surface area contributed by atoms with Gasteiger partial charge in [-0.15, -0.1) is 0 Å². The van der Waals surface area contributed by atoms with Crippen LogP contribution in [0.1, 0.15) is 95.2 Å². The molecule has 0 spiro atoms. The van der Waals surface area contributed by atoms with Crippen molar-refractivity contribution in [1.82, 2.24) is 0 Å². The molecule has 0 amide bonds. The Morgan fingerprint density at radius 2 is 1.63 bits per heavy atom. The van der Waals surface area contributed by atoms with E-state index in [0.29, 0.717) is 40.4 Å². The lowest BCUT2D eigenvalue weighted by atomic mass is 9.84. The molecule has 0 saturated carbocycles. The third-order valence-corrected chi connectivity index (χ3v) is 7.46. The molecule has 0 aromatic heterocycles. The number of benzene rings is 3. The Morgan fingerprint density at radius 1 is 0.902 bits per heavy atom. The van der Waals surface area contributed by atoms with E-state index in [1.807, 2.05) is 24.3 Å². The first-order chi connectivity index (χ1) is 20.0. The predicted octanol–water partition coefficient (Wildman–Crippen LogP) is 7.27. The summed E-state index contributed by atoms with van der Waals surface area (Å²) in [5, 5.41) is 0. The van der Waals surface area contributed by atoms with Crippen LogP contribution in [0.15, 0.2) is 66.4 Å². The van der Waals surface area contributed by atoms with Gasteiger partial charge in [0.05, 0.1) is 31.3 Å². The Bertz CT molecular complexity index is 1450. The van der Waals surface area contributed by atoms with Gasteiger partial charge in [-0.3, -0.25) is 9.59 Å². The van der Waals surface area contributed by atoms with Gasteiger partial charge >= 0.3 is 11.9 Å². The molecule has 2 heterocycles. The minimum absolute atomic E-state index is 0.132. The number of rotatable bonds is 11. The van der Waals surface area contributed by atoms with Gasteiger partial charge in [0.1, 0.15) is 17.2 Å². The summed E-state index contributed by atoms with van der Waals surface area (Å²) < 4.78 is 22.4. The lowest BCUT2D eigenvalue weighted by Crippen LogP contribution is -2.21. The first kappa shape index (κ1) is 28.1. The van der Waals surface area contributed by atoms with Crippen molar-refractivity contribution in [2.75, 3.05) is 13.7 Å². The fourth-order valence-electron chi connectivity index (χ4n) is 5.24. The molecule has 7 nitrogen and oxygen atoms in total. The summed E-state index contributed by atoms with van der Waals surface area (Å²) in [6.07, 6.45) is 8.99. The summed E-state index contributed by atoms with van der Waals surface area (Å²) >= 11 is 0. The fourth-order valence-corrected chi connectivity index (χ4v) is 5.24. The van der Waals surface area contributed by atoms with Gasteiger partial charge in [-0.2, -0.15) is 0 Å². The van der Waals surface area contributed by atoms with E-state index in [9.17, 15) is 14.4 Å². The summed E-state index contributed by atoms with van der Waals surface area (Å²) in [5.41, 5.74) is 3.12. The molecule has 2 aliphatic rings. The first-order valence-corrected chi connectivity index (χ1v) is 14.2. The van der Waals surface area contributed by atoms with E-state index in [-0.39, 0.29) is 29.9 Å². The molecule has 0 saturated heterocycles. The Kier molecular flexibility index (Phi) is 8.82. The molecule has 0 aliphatic carbocycles. The molecule has 3 aromatic carbocycles. The minimum Gasteiger partial charge on any atom is -0.494 e. The fraction of sp³-hybridized carbons (Fsp3) is 0.324. The van der Waals surface area contributed by atoms with Crippen LogP contribution < -0.4 is 14.2 Å². The summed E-state index contributed by atoms with van der Waals surface area (Å²) in [7, 11) is 1.32. The molecule has 1 unspecified atom stereocenters. The maximum absolute atomic E-state index is 13.3. The van der Waals surface area contributed by atoms with Crippen LogP contribution in [0, 0.1) is 0 Å². The van der Waals surface area contributed by atoms with Crippen molar-refractivity contribution in [1.29, 1.82) is 0 Å². The Labute approximate surface area is 240 Å². The largest absolute Gasteiger partial charge is 0.494 e. The number of esters is 2. The van der Waals surface area contributed by atoms with E-state index >= 15 is 0 Å². The Morgan fingerprint density at radius 3 is 2.37 bits per heavy atom. The number of carbonyl (C=O) groups excluding carboxylic acids is 3. The second-order valence-electron chi connectivity index (χ2n) is 10.3. The van der Waals surface area contributed by atoms with Crippen molar-refractivity contribution in [2.45, 2.75) is 57.8 Å². The molecule has 7 heteroatoms. The van der Waals surface area contributed by atoms with Crippen molar-refractivity contribution < 1.29 is 33.3 Å². The number of hydrogen-bond donors (Lipinski definition) is 0. The van der Waals surface area contributed by atoms with E-state index in [2.05, 4.69) is 6.92 Å². The van der Waals surface area contributed by atoms with Gasteiger partial charge < -0.3 is 18.9 Å². The first-order valence-electron chi connectivity index (χ1n) is 14.2. The van der Waals surface area contributed by atoms with E-state index in [1.54, 1.807) is 42.5 Å². The topological polar surface area (TPSA) is 88.1 Å². The molecule has 0 N–H and O–H groups in total. The maximum Gasteiger partial charge on any atom is 0.337 e. The Hall–Kier alpha value is -4.39.